The second-order valence-corrected chi connectivity index (χ2v) is 16.5. The summed E-state index contributed by atoms with van der Waals surface area (Å²) in [6.07, 6.45) is 0.768. The van der Waals surface area contributed by atoms with Gasteiger partial charge in [0.2, 0.25) is 23.6 Å². The first-order chi connectivity index (χ1) is 29.2. The van der Waals surface area contributed by atoms with Crippen molar-refractivity contribution in [2.24, 2.45) is 5.92 Å². The minimum absolute atomic E-state index is 0.234. The van der Waals surface area contributed by atoms with Crippen LogP contribution in [0.1, 0.15) is 39.5 Å². The number of anilines is 2. The zero-order chi connectivity index (χ0) is 44.0. The van der Waals surface area contributed by atoms with Gasteiger partial charge in [-0.25, -0.2) is 14.0 Å². The number of nitrogens with one attached hydrogen (secondary N) is 4. The lowest BCUT2D eigenvalue weighted by molar-refractivity contribution is -0.139. The molecule has 0 radical (unpaired) electrons. The Bertz CT molecular complexity index is 2290. The van der Waals surface area contributed by atoms with Gasteiger partial charge in [0.15, 0.2) is 0 Å². The molecule has 3 aromatic carbocycles. The van der Waals surface area contributed by atoms with Crippen molar-refractivity contribution in [2.45, 2.75) is 57.7 Å². The van der Waals surface area contributed by atoms with Crippen LogP contribution in [0.25, 0.3) is 28.2 Å². The van der Waals surface area contributed by atoms with E-state index in [2.05, 4.69) is 57.9 Å². The topological polar surface area (TPSA) is 180 Å². The first-order valence-electron chi connectivity index (χ1n) is 19.7. The van der Waals surface area contributed by atoms with E-state index >= 15 is 0 Å². The van der Waals surface area contributed by atoms with Crippen molar-refractivity contribution in [3.8, 4) is 28.2 Å². The number of rotatable bonds is 12. The Balaban J connectivity index is 1.22. The summed E-state index contributed by atoms with van der Waals surface area (Å²) < 4.78 is 26.9. The number of halogens is 3. The molecule has 0 bridgehead atoms. The van der Waals surface area contributed by atoms with Gasteiger partial charge < -0.3 is 45.1 Å². The van der Waals surface area contributed by atoms with Gasteiger partial charge in [-0.05, 0) is 123 Å². The number of hydrogen-bond acceptors (Lipinski definition) is 8. The largest absolute Gasteiger partial charge is 0.453 e. The van der Waals surface area contributed by atoms with Gasteiger partial charge >= 0.3 is 12.2 Å². The van der Waals surface area contributed by atoms with Crippen LogP contribution in [0.3, 0.4) is 0 Å². The Hall–Kier alpha value is -5.75. The van der Waals surface area contributed by atoms with Crippen molar-refractivity contribution in [3.05, 3.63) is 87.6 Å². The summed E-state index contributed by atoms with van der Waals surface area (Å²) in [7, 11) is 2.43. The summed E-state index contributed by atoms with van der Waals surface area (Å²) in [6.45, 7) is 4.11. The van der Waals surface area contributed by atoms with E-state index in [-0.39, 0.29) is 36.1 Å². The van der Waals surface area contributed by atoms with Gasteiger partial charge in [-0.1, -0.05) is 38.1 Å². The Morgan fingerprint density at radius 3 is 1.66 bits per heavy atom. The minimum Gasteiger partial charge on any atom is -0.453 e. The number of nitrogens with zero attached hydrogens (tertiary/aromatic N) is 3. The Morgan fingerprint density at radius 1 is 0.705 bits per heavy atom. The maximum atomic E-state index is 14.2. The molecule has 2 aliphatic heterocycles. The molecule has 3 atom stereocenters. The van der Waals surface area contributed by atoms with E-state index in [4.69, 9.17) is 4.74 Å². The molecular formula is C43H46Br2FN7O8. The minimum atomic E-state index is -0.851. The van der Waals surface area contributed by atoms with E-state index in [9.17, 15) is 33.2 Å². The highest BCUT2D eigenvalue weighted by molar-refractivity contribution is 9.13. The Labute approximate surface area is 368 Å². The van der Waals surface area contributed by atoms with Crippen molar-refractivity contribution < 1.29 is 42.6 Å². The van der Waals surface area contributed by atoms with Crippen LogP contribution in [-0.4, -0.2) is 102 Å². The summed E-state index contributed by atoms with van der Waals surface area (Å²) in [4.78, 5) is 79.7. The summed E-state index contributed by atoms with van der Waals surface area (Å²) in [5, 5.41) is 10.8. The van der Waals surface area contributed by atoms with E-state index in [1.807, 2.05) is 42.7 Å². The van der Waals surface area contributed by atoms with Gasteiger partial charge in [0.1, 0.15) is 30.5 Å². The second kappa shape index (κ2) is 19.8. The predicted octanol–water partition coefficient (Wildman–Crippen LogP) is 7.07. The van der Waals surface area contributed by atoms with E-state index in [1.54, 1.807) is 36.4 Å². The number of likely N-dealkylation sites (tertiary alicyclic amines) is 2. The third kappa shape index (κ3) is 10.1. The van der Waals surface area contributed by atoms with Gasteiger partial charge in [0.05, 0.1) is 34.6 Å². The van der Waals surface area contributed by atoms with Crippen LogP contribution in [0, 0.1) is 11.7 Å². The molecule has 61 heavy (non-hydrogen) atoms. The fourth-order valence-electron chi connectivity index (χ4n) is 7.59. The van der Waals surface area contributed by atoms with Crippen LogP contribution >= 0.6 is 31.9 Å². The molecule has 4 aromatic rings. The monoisotopic (exact) mass is 965 g/mol. The molecule has 4 N–H and O–H groups in total. The summed E-state index contributed by atoms with van der Waals surface area (Å²) in [6, 6.07) is 18.2. The Morgan fingerprint density at radius 2 is 1.18 bits per heavy atom. The lowest BCUT2D eigenvalue weighted by Gasteiger charge is -2.30. The van der Waals surface area contributed by atoms with Crippen molar-refractivity contribution in [1.29, 1.82) is 0 Å². The molecule has 2 fully saturated rings. The van der Waals surface area contributed by atoms with Crippen molar-refractivity contribution >= 4 is 79.0 Å². The quantitative estimate of drug-likeness (QED) is 0.116. The number of hydrogen-bond donors (Lipinski definition) is 4. The van der Waals surface area contributed by atoms with Crippen LogP contribution < -0.4 is 21.3 Å². The zero-order valence-corrected chi connectivity index (χ0v) is 37.1. The number of aromatic nitrogens is 1. The molecule has 18 heteroatoms. The number of carbonyl (C=O) groups is 6. The third-order valence-electron chi connectivity index (χ3n) is 10.7. The van der Waals surface area contributed by atoms with Gasteiger partial charge in [-0.15, -0.1) is 0 Å². The number of ether oxygens (including phenoxy) is 2. The van der Waals surface area contributed by atoms with Crippen molar-refractivity contribution in [1.82, 2.24) is 25.0 Å². The maximum absolute atomic E-state index is 14.2. The highest BCUT2D eigenvalue weighted by Gasteiger charge is 2.39. The molecule has 0 saturated carbocycles. The number of benzene rings is 3. The van der Waals surface area contributed by atoms with Crippen molar-refractivity contribution in [3.63, 3.8) is 0 Å². The zero-order valence-electron chi connectivity index (χ0n) is 33.9. The highest BCUT2D eigenvalue weighted by atomic mass is 79.9. The predicted molar refractivity (Wildman–Crippen MR) is 233 cm³/mol. The number of carbonyl (C=O) groups excluding carboxylic acids is 6. The van der Waals surface area contributed by atoms with E-state index in [1.165, 1.54) is 36.2 Å². The van der Waals surface area contributed by atoms with E-state index < -0.39 is 36.1 Å². The molecule has 1 aromatic heterocycles. The standard InChI is InChI=1S/C43H46Br2FN7O8/c1-24(2)36(50-43(59)61-4)41(57)52-22-6-8-32(52)40(56)49-29-17-11-26(12-18-29)38-35(45)34(44)37(53(38)30-19-13-27(46)14-20-30)25-9-15-28(16-10-25)48-39(55)31-7-5-21-51(31)33(54)23-47-42(58)60-3/h9-20,24,31-32,36H,5-8,21-23H2,1-4H3,(H,47,58)(H,48,55)(H,49,56)(H,50,59)/t31-,32-,36-/m0/s1. The molecule has 6 amide bonds. The SMILES string of the molecule is COC(=O)NCC(=O)N1CCC[C@H]1C(=O)Nc1ccc(-c2c(Br)c(Br)c(-c3ccc(NC(=O)[C@@H]4CCCN4C(=O)[C@@H](NC(=O)OC)C(C)C)cc3)n2-c2ccc(F)cc2)cc1. The molecular weight excluding hydrogens is 921 g/mol. The molecule has 322 valence electrons. The van der Waals surface area contributed by atoms with Gasteiger partial charge in [-0.2, -0.15) is 0 Å². The molecule has 0 spiro atoms. The molecule has 3 heterocycles. The molecule has 2 aliphatic rings. The Kier molecular flexibility index (Phi) is 14.5. The fourth-order valence-corrected chi connectivity index (χ4v) is 8.78. The lowest BCUT2D eigenvalue weighted by atomic mass is 10.0. The van der Waals surface area contributed by atoms with Gasteiger partial charge in [0.25, 0.3) is 0 Å². The first kappa shape index (κ1) is 44.8. The lowest BCUT2D eigenvalue weighted by Crippen LogP contribution is -2.54. The van der Waals surface area contributed by atoms with E-state index in [0.29, 0.717) is 64.8 Å². The van der Waals surface area contributed by atoms with Crippen LogP contribution in [0.2, 0.25) is 0 Å². The smallest absolute Gasteiger partial charge is 0.407 e. The molecule has 2 saturated heterocycles. The van der Waals surface area contributed by atoms with Gasteiger partial charge in [0, 0.05) is 30.2 Å². The highest BCUT2D eigenvalue weighted by Crippen LogP contribution is 2.46. The second-order valence-electron chi connectivity index (χ2n) is 14.9. The molecule has 6 rings (SSSR count). The molecule has 0 unspecified atom stereocenters. The maximum Gasteiger partial charge on any atom is 0.407 e. The van der Waals surface area contributed by atoms with Crippen LogP contribution in [0.5, 0.6) is 0 Å². The van der Waals surface area contributed by atoms with Gasteiger partial charge in [-0.3, -0.25) is 19.2 Å². The van der Waals surface area contributed by atoms with Crippen molar-refractivity contribution in [2.75, 3.05) is 44.5 Å². The van der Waals surface area contributed by atoms with E-state index in [0.717, 1.165) is 22.5 Å². The molecule has 15 nitrogen and oxygen atoms in total. The average Bonchev–Trinajstić information content (AvgIpc) is 4.01. The number of methoxy groups -OCH3 is 2. The number of alkyl carbamates (subject to hydrolysis) is 2. The summed E-state index contributed by atoms with van der Waals surface area (Å²) in [5.74, 6) is -2.07. The van der Waals surface area contributed by atoms with Crippen LogP contribution in [0.4, 0.5) is 25.4 Å². The normalized spacial score (nSPS) is 16.5. The van der Waals surface area contributed by atoms with Crippen LogP contribution in [-0.2, 0) is 28.7 Å². The van der Waals surface area contributed by atoms with Crippen LogP contribution in [0.15, 0.2) is 81.7 Å². The first-order valence-corrected chi connectivity index (χ1v) is 21.2. The summed E-state index contributed by atoms with van der Waals surface area (Å²) >= 11 is 7.57. The summed E-state index contributed by atoms with van der Waals surface area (Å²) in [5.41, 5.74) is 4.65. The number of amides is 6. The average molecular weight is 968 g/mol. The molecule has 0 aliphatic carbocycles. The third-order valence-corrected chi connectivity index (χ3v) is 12.7. The fraction of sp³-hybridized carbons (Fsp3) is 0.349.